The summed E-state index contributed by atoms with van der Waals surface area (Å²) in [7, 11) is 3.94. The number of amides is 3. The van der Waals surface area contributed by atoms with Gasteiger partial charge in [0.2, 0.25) is 0 Å². The van der Waals surface area contributed by atoms with E-state index in [0.29, 0.717) is 36.7 Å². The Labute approximate surface area is 229 Å². The molecule has 0 saturated heterocycles. The Hall–Kier alpha value is -2.79. The van der Waals surface area contributed by atoms with Crippen molar-refractivity contribution < 1.29 is 23.9 Å². The first kappa shape index (κ1) is 29.8. The van der Waals surface area contributed by atoms with Crippen molar-refractivity contribution in [2.24, 2.45) is 11.0 Å². The smallest absolute Gasteiger partial charge is 0.414 e. The molecule has 1 unspecified atom stereocenters. The molecule has 1 aromatic carbocycles. The summed E-state index contributed by atoms with van der Waals surface area (Å²) in [5.74, 6) is 1.25. The zero-order valence-corrected chi connectivity index (χ0v) is 23.9. The highest BCUT2D eigenvalue weighted by Crippen LogP contribution is 2.28. The van der Waals surface area contributed by atoms with E-state index in [9.17, 15) is 14.4 Å². The first-order valence-corrected chi connectivity index (χ1v) is 14.3. The Balaban J connectivity index is 1.73. The first-order valence-electron chi connectivity index (χ1n) is 13.3. The molecule has 0 aromatic heterocycles. The van der Waals surface area contributed by atoms with Gasteiger partial charge in [-0.25, -0.2) is 9.59 Å². The Morgan fingerprint density at radius 1 is 1.16 bits per heavy atom. The number of hydrazone groups is 1. The molecule has 11 heteroatoms. The van der Waals surface area contributed by atoms with Crippen LogP contribution in [0.3, 0.4) is 0 Å². The van der Waals surface area contributed by atoms with E-state index >= 15 is 0 Å². The zero-order valence-electron chi connectivity index (χ0n) is 23.1. The number of hydrogen-bond donors (Lipinski definition) is 2. The molecule has 210 valence electrons. The van der Waals surface area contributed by atoms with Gasteiger partial charge in [-0.2, -0.15) is 5.01 Å². The van der Waals surface area contributed by atoms with Gasteiger partial charge in [-0.3, -0.25) is 10.1 Å². The molecule has 1 aliphatic heterocycles. The molecular formula is C27H41N5O5S. The molecule has 1 aromatic rings. The third kappa shape index (κ3) is 8.90. The number of hydrogen-bond acceptors (Lipinski definition) is 8. The Morgan fingerprint density at radius 3 is 2.47 bits per heavy atom. The minimum Gasteiger partial charge on any atom is -0.438 e. The molecule has 0 bridgehead atoms. The maximum Gasteiger partial charge on any atom is 0.414 e. The van der Waals surface area contributed by atoms with E-state index in [1.807, 2.05) is 51.9 Å². The summed E-state index contributed by atoms with van der Waals surface area (Å²) in [6, 6.07) is 6.57. The number of ketones is 1. The summed E-state index contributed by atoms with van der Waals surface area (Å²) in [5.41, 5.74) is 0.0396. The number of nitrogens with zero attached hydrogens (tertiary/aromatic N) is 3. The number of aryl methyl sites for hydroxylation is 1. The molecule has 2 N–H and O–H groups in total. The van der Waals surface area contributed by atoms with Crippen molar-refractivity contribution in [2.45, 2.75) is 77.6 Å². The molecule has 38 heavy (non-hydrogen) atoms. The van der Waals surface area contributed by atoms with Gasteiger partial charge < -0.3 is 19.7 Å². The molecule has 1 atom stereocenters. The summed E-state index contributed by atoms with van der Waals surface area (Å²) in [5, 5.41) is 11.6. The topological polar surface area (TPSA) is 113 Å². The minimum absolute atomic E-state index is 0.203. The fourth-order valence-corrected chi connectivity index (χ4v) is 5.16. The highest BCUT2D eigenvalue weighted by Gasteiger charge is 2.43. The summed E-state index contributed by atoms with van der Waals surface area (Å²) >= 11 is 1.36. The lowest BCUT2D eigenvalue weighted by atomic mass is 9.89. The quantitative estimate of drug-likeness (QED) is 0.409. The van der Waals surface area contributed by atoms with Crippen molar-refractivity contribution >= 4 is 34.9 Å². The van der Waals surface area contributed by atoms with Crippen LogP contribution in [-0.4, -0.2) is 71.3 Å². The molecule has 0 radical (unpaired) electrons. The number of ether oxygens (including phenoxy) is 2. The van der Waals surface area contributed by atoms with Gasteiger partial charge in [-0.05, 0) is 71.2 Å². The van der Waals surface area contributed by atoms with Gasteiger partial charge in [0.1, 0.15) is 11.4 Å². The number of carbonyl (C=O) groups is 3. The van der Waals surface area contributed by atoms with E-state index in [1.165, 1.54) is 11.8 Å². The van der Waals surface area contributed by atoms with Crippen LogP contribution < -0.4 is 15.4 Å². The van der Waals surface area contributed by atoms with Crippen molar-refractivity contribution in [2.75, 3.05) is 26.4 Å². The number of carbonyl (C=O) groups excluding carboxylic acids is 3. The summed E-state index contributed by atoms with van der Waals surface area (Å²) in [6.45, 7) is 6.83. The molecule has 1 fully saturated rings. The van der Waals surface area contributed by atoms with Gasteiger partial charge in [0.05, 0.1) is 0 Å². The average Bonchev–Trinajstić information content (AvgIpc) is 3.28. The molecule has 3 amide bonds. The molecule has 1 aliphatic carbocycles. The van der Waals surface area contributed by atoms with Gasteiger partial charge >= 0.3 is 12.1 Å². The van der Waals surface area contributed by atoms with E-state index in [4.69, 9.17) is 9.47 Å². The van der Waals surface area contributed by atoms with Crippen LogP contribution >= 0.6 is 11.8 Å². The maximum atomic E-state index is 13.5. The lowest BCUT2D eigenvalue weighted by Gasteiger charge is -2.39. The Kier molecular flexibility index (Phi) is 10.8. The maximum absolute atomic E-state index is 13.5. The Bertz CT molecular complexity index is 992. The van der Waals surface area contributed by atoms with Gasteiger partial charge in [-0.15, -0.1) is 5.10 Å². The van der Waals surface area contributed by atoms with Crippen LogP contribution in [0.2, 0.25) is 0 Å². The van der Waals surface area contributed by atoms with Gasteiger partial charge in [0.15, 0.2) is 5.78 Å². The number of rotatable bonds is 10. The van der Waals surface area contributed by atoms with Crippen LogP contribution in [-0.2, 0) is 9.53 Å². The number of nitrogens with one attached hydrogen (secondary N) is 2. The number of urea groups is 1. The second kappa shape index (κ2) is 13.8. The van der Waals surface area contributed by atoms with Crippen molar-refractivity contribution in [3.63, 3.8) is 0 Å². The molecule has 2 aliphatic rings. The van der Waals surface area contributed by atoms with Gasteiger partial charge in [0, 0.05) is 18.7 Å². The van der Waals surface area contributed by atoms with Crippen LogP contribution in [0.4, 0.5) is 9.59 Å². The van der Waals surface area contributed by atoms with Crippen LogP contribution in [0.25, 0.3) is 0 Å². The normalized spacial score (nSPS) is 18.7. The standard InChI is InChI=1S/C27H41N5O5S/c1-19(2)9-14-22(33)23-32(30-26(37-23)38-18-17-31(4)5)24(34)28-27(15-7-6-8-16-27)29-25(35)36-21-12-10-20(3)11-13-21/h10-13,19,23H,6-9,14-18H2,1-5H3,(H,28,34)(H,29,35). The van der Waals surface area contributed by atoms with Crippen molar-refractivity contribution in [3.8, 4) is 5.75 Å². The van der Waals surface area contributed by atoms with Crippen LogP contribution in [0.5, 0.6) is 5.75 Å². The summed E-state index contributed by atoms with van der Waals surface area (Å²) in [6.07, 6.45) is 2.92. The predicted octanol–water partition coefficient (Wildman–Crippen LogP) is 4.68. The lowest BCUT2D eigenvalue weighted by Crippen LogP contribution is -2.64. The summed E-state index contributed by atoms with van der Waals surface area (Å²) in [4.78, 5) is 41.4. The second-order valence-electron chi connectivity index (χ2n) is 10.6. The fraction of sp³-hybridized carbons (Fsp3) is 0.630. The highest BCUT2D eigenvalue weighted by molar-refractivity contribution is 8.13. The third-order valence-electron chi connectivity index (χ3n) is 6.47. The van der Waals surface area contributed by atoms with E-state index in [-0.39, 0.29) is 17.4 Å². The van der Waals surface area contributed by atoms with Gasteiger partial charge in [-0.1, -0.05) is 49.7 Å². The highest BCUT2D eigenvalue weighted by atomic mass is 32.2. The average molecular weight is 548 g/mol. The lowest BCUT2D eigenvalue weighted by molar-refractivity contribution is -0.131. The van der Waals surface area contributed by atoms with Crippen molar-refractivity contribution in [1.29, 1.82) is 0 Å². The van der Waals surface area contributed by atoms with Crippen LogP contribution in [0.1, 0.15) is 64.4 Å². The molecule has 0 spiro atoms. The van der Waals surface area contributed by atoms with Crippen LogP contribution in [0, 0.1) is 12.8 Å². The second-order valence-corrected chi connectivity index (χ2v) is 11.7. The SMILES string of the molecule is Cc1ccc(OC(=O)NC2(NC(=O)N3N=C(SCCN(C)C)OC3C(=O)CCC(C)C)CCCCC2)cc1. The molecular weight excluding hydrogens is 506 g/mol. The zero-order chi connectivity index (χ0) is 27.7. The third-order valence-corrected chi connectivity index (χ3v) is 7.28. The van der Waals surface area contributed by atoms with E-state index in [2.05, 4.69) is 15.7 Å². The monoisotopic (exact) mass is 547 g/mol. The first-order chi connectivity index (χ1) is 18.1. The summed E-state index contributed by atoms with van der Waals surface area (Å²) < 4.78 is 11.3. The van der Waals surface area contributed by atoms with Crippen molar-refractivity contribution in [1.82, 2.24) is 20.5 Å². The van der Waals surface area contributed by atoms with Crippen LogP contribution in [0.15, 0.2) is 29.4 Å². The van der Waals surface area contributed by atoms with Crippen molar-refractivity contribution in [3.05, 3.63) is 29.8 Å². The Morgan fingerprint density at radius 2 is 1.84 bits per heavy atom. The number of Topliss-reactive ketones (excluding diaryl/α,β-unsaturated/α-hetero) is 1. The van der Waals surface area contributed by atoms with Gasteiger partial charge in [0.25, 0.3) is 11.5 Å². The minimum atomic E-state index is -1.13. The van der Waals surface area contributed by atoms with E-state index < -0.39 is 24.0 Å². The fourth-order valence-electron chi connectivity index (χ4n) is 4.23. The van der Waals surface area contributed by atoms with E-state index in [1.54, 1.807) is 12.1 Å². The molecule has 10 nitrogen and oxygen atoms in total. The molecule has 1 saturated carbocycles. The molecule has 1 heterocycles. The number of benzene rings is 1. The number of thioether (sulfide) groups is 1. The van der Waals surface area contributed by atoms with E-state index in [0.717, 1.165) is 36.4 Å². The largest absolute Gasteiger partial charge is 0.438 e. The molecule has 3 rings (SSSR count). The predicted molar refractivity (Wildman–Crippen MR) is 149 cm³/mol.